The number of nitrogens with zero attached hydrogens (tertiary/aromatic N) is 2. The summed E-state index contributed by atoms with van der Waals surface area (Å²) >= 11 is 1.64. The predicted octanol–water partition coefficient (Wildman–Crippen LogP) is 2.31. The number of fused-ring (bicyclic) bond motifs is 1. The number of H-pyrrole nitrogens is 1. The molecule has 30 heavy (non-hydrogen) atoms. The largest absolute Gasteiger partial charge is 0.351 e. The van der Waals surface area contributed by atoms with E-state index in [2.05, 4.69) is 15.3 Å². The normalized spacial score (nSPS) is 13.0. The molecule has 0 radical (unpaired) electrons. The average molecular weight is 423 g/mol. The lowest BCUT2D eigenvalue weighted by Gasteiger charge is -2.29. The second kappa shape index (κ2) is 8.62. The van der Waals surface area contributed by atoms with Gasteiger partial charge in [-0.3, -0.25) is 14.4 Å². The molecule has 0 aromatic carbocycles. The van der Waals surface area contributed by atoms with Crippen LogP contribution < -0.4 is 10.9 Å². The number of aromatic amines is 1. The zero-order valence-corrected chi connectivity index (χ0v) is 17.4. The summed E-state index contributed by atoms with van der Waals surface area (Å²) in [7, 11) is 0. The molecule has 3 aromatic heterocycles. The topological polar surface area (TPSA) is 95.2 Å². The molecule has 7 nitrogen and oxygen atoms in total. The van der Waals surface area contributed by atoms with Crippen molar-refractivity contribution in [1.29, 1.82) is 0 Å². The van der Waals surface area contributed by atoms with Crippen LogP contribution in [0.15, 0.2) is 46.7 Å². The monoisotopic (exact) mass is 422 g/mol. The van der Waals surface area contributed by atoms with Crippen molar-refractivity contribution in [2.75, 3.05) is 13.1 Å². The predicted molar refractivity (Wildman–Crippen MR) is 115 cm³/mol. The molecular weight excluding hydrogens is 400 g/mol. The quantitative estimate of drug-likeness (QED) is 0.660. The molecule has 154 valence electrons. The molecule has 3 aromatic rings. The molecule has 0 fully saturated rings. The minimum absolute atomic E-state index is 0.152. The second-order valence-electron chi connectivity index (χ2n) is 7.22. The van der Waals surface area contributed by atoms with Crippen molar-refractivity contribution in [3.63, 3.8) is 0 Å². The van der Waals surface area contributed by atoms with Gasteiger partial charge >= 0.3 is 0 Å². The summed E-state index contributed by atoms with van der Waals surface area (Å²) in [5.41, 5.74) is 2.43. The first-order valence-electron chi connectivity index (χ1n) is 9.80. The zero-order valence-electron chi connectivity index (χ0n) is 16.6. The molecule has 4 heterocycles. The molecule has 0 atom stereocenters. The summed E-state index contributed by atoms with van der Waals surface area (Å²) in [4.78, 5) is 47.8. The smallest absolute Gasteiger partial charge is 0.272 e. The third-order valence-electron chi connectivity index (χ3n) is 5.15. The van der Waals surface area contributed by atoms with Crippen LogP contribution in [-0.4, -0.2) is 39.8 Å². The third kappa shape index (κ3) is 4.18. The third-order valence-corrected chi connectivity index (χ3v) is 6.08. The van der Waals surface area contributed by atoms with Crippen LogP contribution in [0.25, 0.3) is 0 Å². The molecule has 1 aliphatic heterocycles. The Morgan fingerprint density at radius 1 is 1.27 bits per heavy atom. The van der Waals surface area contributed by atoms with Gasteiger partial charge in [0.15, 0.2) is 0 Å². The summed E-state index contributed by atoms with van der Waals surface area (Å²) in [6.07, 6.45) is 2.77. The number of aryl methyl sites for hydroxylation is 1. The number of thiophene rings is 1. The first-order valence-corrected chi connectivity index (χ1v) is 10.7. The van der Waals surface area contributed by atoms with E-state index in [4.69, 9.17) is 0 Å². The van der Waals surface area contributed by atoms with Gasteiger partial charge in [0, 0.05) is 36.4 Å². The molecule has 2 N–H and O–H groups in total. The Bertz CT molecular complexity index is 1140. The molecule has 0 unspecified atom stereocenters. The summed E-state index contributed by atoms with van der Waals surface area (Å²) in [5.74, 6) is -0.526. The number of hydrogen-bond acceptors (Lipinski definition) is 5. The van der Waals surface area contributed by atoms with Gasteiger partial charge in [0.1, 0.15) is 11.3 Å². The number of aromatic nitrogens is 2. The molecule has 4 rings (SSSR count). The summed E-state index contributed by atoms with van der Waals surface area (Å²) in [5, 5.41) is 4.85. The summed E-state index contributed by atoms with van der Waals surface area (Å²) in [6, 6.07) is 9.34. The van der Waals surface area contributed by atoms with Crippen molar-refractivity contribution < 1.29 is 9.59 Å². The fourth-order valence-corrected chi connectivity index (χ4v) is 4.36. The molecule has 0 saturated heterocycles. The van der Waals surface area contributed by atoms with Gasteiger partial charge in [-0.2, -0.15) is 0 Å². The molecule has 0 aliphatic carbocycles. The van der Waals surface area contributed by atoms with Crippen LogP contribution in [0.3, 0.4) is 0 Å². The van der Waals surface area contributed by atoms with Crippen LogP contribution in [0, 0.1) is 6.92 Å². The second-order valence-corrected chi connectivity index (χ2v) is 8.26. The highest BCUT2D eigenvalue weighted by Crippen LogP contribution is 2.21. The Morgan fingerprint density at radius 3 is 2.90 bits per heavy atom. The van der Waals surface area contributed by atoms with Crippen LogP contribution in [0.1, 0.15) is 42.5 Å². The fourth-order valence-electron chi connectivity index (χ4n) is 3.65. The first-order chi connectivity index (χ1) is 14.5. The number of pyridine rings is 2. The van der Waals surface area contributed by atoms with Gasteiger partial charge in [-0.05, 0) is 54.5 Å². The van der Waals surface area contributed by atoms with E-state index in [1.165, 1.54) is 4.88 Å². The van der Waals surface area contributed by atoms with Crippen molar-refractivity contribution in [2.45, 2.75) is 26.3 Å². The van der Waals surface area contributed by atoms with E-state index in [0.29, 0.717) is 37.3 Å². The highest BCUT2D eigenvalue weighted by atomic mass is 32.1. The molecule has 1 aliphatic rings. The molecule has 0 bridgehead atoms. The van der Waals surface area contributed by atoms with Gasteiger partial charge < -0.3 is 15.2 Å². The van der Waals surface area contributed by atoms with Gasteiger partial charge in [0.2, 0.25) is 0 Å². The average Bonchev–Trinajstić information content (AvgIpc) is 3.26. The van der Waals surface area contributed by atoms with Crippen molar-refractivity contribution in [3.05, 3.63) is 85.2 Å². The van der Waals surface area contributed by atoms with Crippen LogP contribution in [0.4, 0.5) is 0 Å². The van der Waals surface area contributed by atoms with Crippen LogP contribution in [0.5, 0.6) is 0 Å². The van der Waals surface area contributed by atoms with Crippen molar-refractivity contribution in [3.8, 4) is 0 Å². The maximum absolute atomic E-state index is 12.8. The Hall–Kier alpha value is -3.26. The number of rotatable bonds is 5. The summed E-state index contributed by atoms with van der Waals surface area (Å²) in [6.45, 7) is 3.07. The fraction of sp³-hybridized carbons (Fsp3) is 0.273. The lowest BCUT2D eigenvalue weighted by Crippen LogP contribution is -2.40. The van der Waals surface area contributed by atoms with Crippen LogP contribution >= 0.6 is 11.3 Å². The van der Waals surface area contributed by atoms with E-state index in [1.54, 1.807) is 28.5 Å². The Kier molecular flexibility index (Phi) is 5.76. The highest BCUT2D eigenvalue weighted by molar-refractivity contribution is 7.09. The molecular formula is C22H22N4O3S. The maximum atomic E-state index is 12.8. The van der Waals surface area contributed by atoms with E-state index < -0.39 is 5.56 Å². The SMILES string of the molecule is Cc1cccc(C(=O)N2CCc3c(c[nH]c(=O)c3C(=O)NCCc3cccs3)C2)n1. The Balaban J connectivity index is 1.50. The van der Waals surface area contributed by atoms with E-state index in [0.717, 1.165) is 17.7 Å². The lowest BCUT2D eigenvalue weighted by atomic mass is 9.96. The molecule has 2 amide bonds. The minimum atomic E-state index is -0.400. The molecule has 0 saturated carbocycles. The van der Waals surface area contributed by atoms with E-state index in [9.17, 15) is 14.4 Å². The minimum Gasteiger partial charge on any atom is -0.351 e. The summed E-state index contributed by atoms with van der Waals surface area (Å²) < 4.78 is 0. The lowest BCUT2D eigenvalue weighted by molar-refractivity contribution is 0.0728. The number of carbonyl (C=O) groups is 2. The van der Waals surface area contributed by atoms with E-state index in [-0.39, 0.29) is 17.4 Å². The Labute approximate surface area is 177 Å². The molecule has 8 heteroatoms. The van der Waals surface area contributed by atoms with Crippen LogP contribution in [0.2, 0.25) is 0 Å². The van der Waals surface area contributed by atoms with Gasteiger partial charge in [0.05, 0.1) is 0 Å². The van der Waals surface area contributed by atoms with Crippen molar-refractivity contribution >= 4 is 23.2 Å². The van der Waals surface area contributed by atoms with Gasteiger partial charge in [-0.15, -0.1) is 11.3 Å². The number of amides is 2. The van der Waals surface area contributed by atoms with Gasteiger partial charge in [-0.1, -0.05) is 12.1 Å². The highest BCUT2D eigenvalue weighted by Gasteiger charge is 2.27. The Morgan fingerprint density at radius 2 is 2.13 bits per heavy atom. The molecule has 0 spiro atoms. The standard InChI is InChI=1S/C22H22N4O3S/c1-14-4-2-6-18(25-14)22(29)26-10-8-17-15(13-26)12-24-21(28)19(17)20(27)23-9-7-16-5-3-11-30-16/h2-6,11-12H,7-10,13H2,1H3,(H,23,27)(H,24,28). The first kappa shape index (κ1) is 20.0. The number of carbonyl (C=O) groups excluding carboxylic acids is 2. The van der Waals surface area contributed by atoms with E-state index in [1.807, 2.05) is 36.6 Å². The van der Waals surface area contributed by atoms with Gasteiger partial charge in [-0.25, -0.2) is 4.98 Å². The maximum Gasteiger partial charge on any atom is 0.272 e. The van der Waals surface area contributed by atoms with Crippen molar-refractivity contribution in [1.82, 2.24) is 20.2 Å². The number of hydrogen-bond donors (Lipinski definition) is 2. The van der Waals surface area contributed by atoms with Crippen LogP contribution in [-0.2, 0) is 19.4 Å². The number of nitrogens with one attached hydrogen (secondary N) is 2. The van der Waals surface area contributed by atoms with Gasteiger partial charge in [0.25, 0.3) is 17.4 Å². The zero-order chi connectivity index (χ0) is 21.1. The van der Waals surface area contributed by atoms with Crippen molar-refractivity contribution in [2.24, 2.45) is 0 Å². The van der Waals surface area contributed by atoms with E-state index >= 15 is 0 Å².